The highest BCUT2D eigenvalue weighted by atomic mass is 127. The number of carbonyl (C=O) groups is 1. The van der Waals surface area contributed by atoms with Gasteiger partial charge in [0.05, 0.1) is 11.3 Å². The van der Waals surface area contributed by atoms with Gasteiger partial charge in [-0.25, -0.2) is 4.39 Å². The molecule has 0 aliphatic rings. The maximum Gasteiger partial charge on any atom is 0.254 e. The summed E-state index contributed by atoms with van der Waals surface area (Å²) in [4.78, 5) is 23.5. The maximum atomic E-state index is 13.9. The van der Waals surface area contributed by atoms with Crippen molar-refractivity contribution in [3.05, 3.63) is 55.1 Å². The molecule has 0 aliphatic carbocycles. The number of aromatic nitrogens is 1. The first-order valence-electron chi connectivity index (χ1n) is 6.03. The third-order valence-corrected chi connectivity index (χ3v) is 3.71. The normalized spacial score (nSPS) is 10.5. The van der Waals surface area contributed by atoms with Gasteiger partial charge in [0.2, 0.25) is 0 Å². The first-order chi connectivity index (χ1) is 9.81. The Morgan fingerprint density at radius 3 is 2.67 bits per heavy atom. The fourth-order valence-electron chi connectivity index (χ4n) is 1.95. The van der Waals surface area contributed by atoms with Gasteiger partial charge >= 0.3 is 0 Å². The second-order valence-corrected chi connectivity index (χ2v) is 5.81. The number of nitrogens with two attached hydrogens (primary N) is 1. The highest BCUT2D eigenvalue weighted by Crippen LogP contribution is 2.23. The standard InChI is InChI=1S/C14H13FIN3O2.H2/c1-7-5-9(12(17)20)13(19(2)14(7)21)18-11-4-3-8(16)6-10(11)15;/h3-6,18H,1-2H3,(H2,17,20);1H. The molecule has 0 bridgehead atoms. The molecule has 21 heavy (non-hydrogen) atoms. The summed E-state index contributed by atoms with van der Waals surface area (Å²) in [6.07, 6.45) is 0. The monoisotopic (exact) mass is 403 g/mol. The molecule has 2 aromatic rings. The van der Waals surface area contributed by atoms with Crippen LogP contribution < -0.4 is 16.6 Å². The third-order valence-electron chi connectivity index (χ3n) is 3.04. The van der Waals surface area contributed by atoms with E-state index in [9.17, 15) is 14.0 Å². The van der Waals surface area contributed by atoms with E-state index < -0.39 is 11.7 Å². The summed E-state index contributed by atoms with van der Waals surface area (Å²) in [5, 5.41) is 2.77. The van der Waals surface area contributed by atoms with E-state index in [1.165, 1.54) is 29.8 Å². The summed E-state index contributed by atoms with van der Waals surface area (Å²) in [7, 11) is 1.49. The van der Waals surface area contributed by atoms with E-state index in [1.807, 2.05) is 22.6 Å². The Bertz CT molecular complexity index is 792. The zero-order valence-electron chi connectivity index (χ0n) is 11.4. The minimum absolute atomic E-state index is 0. The molecule has 0 spiro atoms. The van der Waals surface area contributed by atoms with Crippen molar-refractivity contribution in [1.29, 1.82) is 0 Å². The van der Waals surface area contributed by atoms with Gasteiger partial charge in [-0.3, -0.25) is 14.2 Å². The molecular weight excluding hydrogens is 388 g/mol. The molecule has 0 atom stereocenters. The topological polar surface area (TPSA) is 77.1 Å². The number of hydrogen-bond acceptors (Lipinski definition) is 3. The van der Waals surface area contributed by atoms with Crippen molar-refractivity contribution in [3.8, 4) is 0 Å². The van der Waals surface area contributed by atoms with Gasteiger partial charge in [0.1, 0.15) is 11.6 Å². The first-order valence-corrected chi connectivity index (χ1v) is 7.11. The summed E-state index contributed by atoms with van der Waals surface area (Å²) in [5.74, 6) is -1.01. The number of amides is 1. The van der Waals surface area contributed by atoms with E-state index in [2.05, 4.69) is 5.32 Å². The smallest absolute Gasteiger partial charge is 0.254 e. The average Bonchev–Trinajstić information content (AvgIpc) is 2.41. The number of pyridine rings is 1. The molecule has 5 nitrogen and oxygen atoms in total. The zero-order chi connectivity index (χ0) is 15.7. The summed E-state index contributed by atoms with van der Waals surface area (Å²) in [6, 6.07) is 5.99. The number of primary amides is 1. The van der Waals surface area contributed by atoms with Gasteiger partial charge < -0.3 is 11.1 Å². The average molecular weight is 403 g/mol. The molecule has 1 heterocycles. The highest BCUT2D eigenvalue weighted by Gasteiger charge is 2.16. The van der Waals surface area contributed by atoms with E-state index in [-0.39, 0.29) is 24.1 Å². The predicted octanol–water partition coefficient (Wildman–Crippen LogP) is 2.53. The molecule has 3 N–H and O–H groups in total. The van der Waals surface area contributed by atoms with Crippen molar-refractivity contribution in [2.24, 2.45) is 12.8 Å². The molecule has 0 unspecified atom stereocenters. The third kappa shape index (κ3) is 3.07. The quantitative estimate of drug-likeness (QED) is 0.774. The van der Waals surface area contributed by atoms with Gasteiger partial charge in [-0.15, -0.1) is 0 Å². The molecule has 112 valence electrons. The second kappa shape index (κ2) is 5.84. The van der Waals surface area contributed by atoms with Gasteiger partial charge in [0, 0.05) is 17.6 Å². The fraction of sp³-hybridized carbons (Fsp3) is 0.143. The molecule has 1 aromatic carbocycles. The first kappa shape index (κ1) is 15.5. The van der Waals surface area contributed by atoms with Gasteiger partial charge in [0.25, 0.3) is 11.5 Å². The Balaban J connectivity index is 0.00000242. The number of hydrogen-bond donors (Lipinski definition) is 2. The van der Waals surface area contributed by atoms with Crippen molar-refractivity contribution in [1.82, 2.24) is 4.57 Å². The number of carbonyl (C=O) groups excluding carboxylic acids is 1. The number of benzene rings is 1. The lowest BCUT2D eigenvalue weighted by atomic mass is 10.1. The number of rotatable bonds is 3. The van der Waals surface area contributed by atoms with Crippen molar-refractivity contribution < 1.29 is 10.6 Å². The summed E-state index contributed by atoms with van der Waals surface area (Å²) in [5.41, 5.74) is 5.73. The molecule has 1 amide bonds. The van der Waals surface area contributed by atoms with Crippen LogP contribution in [0.1, 0.15) is 17.3 Å². The van der Waals surface area contributed by atoms with Gasteiger partial charge in [-0.05, 0) is 53.8 Å². The van der Waals surface area contributed by atoms with Crippen LogP contribution in [-0.4, -0.2) is 10.5 Å². The largest absolute Gasteiger partial charge is 0.365 e. The summed E-state index contributed by atoms with van der Waals surface area (Å²) < 4.78 is 15.9. The van der Waals surface area contributed by atoms with Gasteiger partial charge in [-0.2, -0.15) is 0 Å². The molecule has 1 aromatic heterocycles. The van der Waals surface area contributed by atoms with Crippen LogP contribution in [0.2, 0.25) is 0 Å². The minimum Gasteiger partial charge on any atom is -0.365 e. The molecule has 2 rings (SSSR count). The van der Waals surface area contributed by atoms with E-state index in [0.717, 1.165) is 3.57 Å². The number of aryl methyl sites for hydroxylation is 1. The number of nitrogens with one attached hydrogen (secondary N) is 1. The molecule has 0 fully saturated rings. The molecule has 0 radical (unpaired) electrons. The predicted molar refractivity (Wildman–Crippen MR) is 89.5 cm³/mol. The molecule has 0 saturated carbocycles. The number of anilines is 2. The number of halogens is 2. The lowest BCUT2D eigenvalue weighted by Gasteiger charge is -2.16. The summed E-state index contributed by atoms with van der Waals surface area (Å²) >= 11 is 1.99. The number of nitrogens with zero attached hydrogens (tertiary/aromatic N) is 1. The van der Waals surface area contributed by atoms with Gasteiger partial charge in [0.15, 0.2) is 0 Å². The van der Waals surface area contributed by atoms with Crippen molar-refractivity contribution in [2.75, 3.05) is 5.32 Å². The Hall–Kier alpha value is -1.90. The lowest BCUT2D eigenvalue weighted by Crippen LogP contribution is -2.26. The Morgan fingerprint density at radius 1 is 1.43 bits per heavy atom. The van der Waals surface area contributed by atoms with Crippen LogP contribution in [0.4, 0.5) is 15.9 Å². The molecular formula is C14H15FIN3O2. The van der Waals surface area contributed by atoms with Crippen LogP contribution in [0.5, 0.6) is 0 Å². The van der Waals surface area contributed by atoms with E-state index in [4.69, 9.17) is 5.73 Å². The van der Waals surface area contributed by atoms with E-state index in [1.54, 1.807) is 13.0 Å². The minimum atomic E-state index is -0.692. The van der Waals surface area contributed by atoms with Crippen LogP contribution >= 0.6 is 22.6 Å². The Kier molecular flexibility index (Phi) is 4.31. The highest BCUT2D eigenvalue weighted by molar-refractivity contribution is 14.1. The van der Waals surface area contributed by atoms with Crippen LogP contribution in [0.25, 0.3) is 0 Å². The van der Waals surface area contributed by atoms with Crippen molar-refractivity contribution >= 4 is 40.0 Å². The Morgan fingerprint density at radius 2 is 2.10 bits per heavy atom. The molecule has 7 heteroatoms. The van der Waals surface area contributed by atoms with Crippen LogP contribution in [0.3, 0.4) is 0 Å². The molecule has 0 aliphatic heterocycles. The fourth-order valence-corrected chi connectivity index (χ4v) is 2.40. The van der Waals surface area contributed by atoms with E-state index >= 15 is 0 Å². The SMILES string of the molecule is Cc1cc(C(N)=O)c(Nc2ccc(I)cc2F)n(C)c1=O.[HH]. The van der Waals surface area contributed by atoms with Crippen LogP contribution in [0, 0.1) is 16.3 Å². The van der Waals surface area contributed by atoms with E-state index in [0.29, 0.717) is 5.56 Å². The van der Waals surface area contributed by atoms with Crippen LogP contribution in [-0.2, 0) is 7.05 Å². The lowest BCUT2D eigenvalue weighted by molar-refractivity contribution is 0.100. The Labute approximate surface area is 135 Å². The van der Waals surface area contributed by atoms with Crippen molar-refractivity contribution in [2.45, 2.75) is 6.92 Å². The van der Waals surface area contributed by atoms with Crippen LogP contribution in [0.15, 0.2) is 29.1 Å². The molecule has 0 saturated heterocycles. The van der Waals surface area contributed by atoms with Gasteiger partial charge in [-0.1, -0.05) is 0 Å². The summed E-state index contributed by atoms with van der Waals surface area (Å²) in [6.45, 7) is 1.59. The van der Waals surface area contributed by atoms with Crippen molar-refractivity contribution in [3.63, 3.8) is 0 Å². The maximum absolute atomic E-state index is 13.9. The zero-order valence-corrected chi connectivity index (χ0v) is 13.6. The second-order valence-electron chi connectivity index (χ2n) is 4.57.